The minimum absolute atomic E-state index is 0.120. The van der Waals surface area contributed by atoms with Crippen LogP contribution in [0.4, 0.5) is 21.5 Å². The quantitative estimate of drug-likeness (QED) is 0.375. The molecule has 7 nitrogen and oxygen atoms in total. The Morgan fingerprint density at radius 1 is 1.10 bits per heavy atom. The number of rotatable bonds is 8. The maximum absolute atomic E-state index is 13.3. The van der Waals surface area contributed by atoms with Crippen LogP contribution in [-0.4, -0.2) is 24.0 Å². The number of carbonyl (C=O) groups is 1. The summed E-state index contributed by atoms with van der Waals surface area (Å²) in [7, 11) is 0. The topological polar surface area (TPSA) is 100 Å². The molecule has 1 amide bonds. The molecule has 0 aliphatic carbocycles. The number of anilines is 3. The molecule has 0 aliphatic rings. The Kier molecular flexibility index (Phi) is 6.17. The maximum atomic E-state index is 13.3. The zero-order valence-corrected chi connectivity index (χ0v) is 17.1. The Morgan fingerprint density at radius 2 is 1.83 bits per heavy atom. The molecule has 2 aromatic carbocycles. The first-order valence-electron chi connectivity index (χ1n) is 9.16. The highest BCUT2D eigenvalue weighted by atomic mass is 35.5. The molecule has 0 aliphatic heterocycles. The Balaban J connectivity index is 1.61. The molecule has 0 fully saturated rings. The van der Waals surface area contributed by atoms with Crippen molar-refractivity contribution in [3.8, 4) is 0 Å². The molecule has 0 saturated heterocycles. The van der Waals surface area contributed by atoms with Gasteiger partial charge < -0.3 is 16.0 Å². The minimum atomic E-state index is -0.644. The molecular weight excluding hydrogens is 411 g/mol. The number of hydrogen-bond acceptors (Lipinski definition) is 6. The van der Waals surface area contributed by atoms with Crippen molar-refractivity contribution in [1.29, 1.82) is 0 Å². The fourth-order valence-corrected chi connectivity index (χ4v) is 2.90. The van der Waals surface area contributed by atoms with E-state index < -0.39 is 28.0 Å². The van der Waals surface area contributed by atoms with Gasteiger partial charge in [0.2, 0.25) is 0 Å². The summed E-state index contributed by atoms with van der Waals surface area (Å²) in [6.45, 7) is 4.32. The zero-order chi connectivity index (χ0) is 21.9. The van der Waals surface area contributed by atoms with Crippen molar-refractivity contribution in [3.63, 3.8) is 0 Å². The normalized spacial score (nSPS) is 11.3. The largest absolute Gasteiger partial charge is 0.379 e. The van der Waals surface area contributed by atoms with Gasteiger partial charge in [-0.1, -0.05) is 31.5 Å². The maximum Gasteiger partial charge on any atom is 0.253 e. The molecule has 3 N–H and O–H groups in total. The van der Waals surface area contributed by atoms with E-state index in [1.54, 1.807) is 12.1 Å². The van der Waals surface area contributed by atoms with E-state index in [9.17, 15) is 18.8 Å². The summed E-state index contributed by atoms with van der Waals surface area (Å²) in [5, 5.41) is 8.74. The average molecular weight is 431 g/mol. The number of aromatic nitrogens is 1. The van der Waals surface area contributed by atoms with E-state index in [1.807, 2.05) is 13.8 Å². The van der Waals surface area contributed by atoms with Crippen molar-refractivity contribution in [3.05, 3.63) is 79.6 Å². The SMILES string of the molecule is CC(C)(CNC(=O)c1cccc(F)c1)CNc1c(Nc2cccnc2Cl)c(=O)c1=O. The molecule has 0 atom stereocenters. The van der Waals surface area contributed by atoms with E-state index in [4.69, 9.17) is 11.6 Å². The summed E-state index contributed by atoms with van der Waals surface area (Å²) < 4.78 is 13.3. The van der Waals surface area contributed by atoms with E-state index in [1.165, 1.54) is 24.4 Å². The summed E-state index contributed by atoms with van der Waals surface area (Å²) in [6, 6.07) is 8.70. The number of carbonyl (C=O) groups excluding carboxylic acids is 1. The second kappa shape index (κ2) is 8.62. The lowest BCUT2D eigenvalue weighted by Crippen LogP contribution is -2.42. The van der Waals surface area contributed by atoms with Crippen molar-refractivity contribution in [2.75, 3.05) is 23.7 Å². The van der Waals surface area contributed by atoms with Crippen molar-refractivity contribution in [2.45, 2.75) is 13.8 Å². The van der Waals surface area contributed by atoms with Gasteiger partial charge >= 0.3 is 0 Å². The van der Waals surface area contributed by atoms with Crippen LogP contribution in [-0.2, 0) is 0 Å². The third-order valence-corrected chi connectivity index (χ3v) is 4.79. The van der Waals surface area contributed by atoms with Crippen LogP contribution in [0, 0.1) is 11.2 Å². The van der Waals surface area contributed by atoms with Crippen LogP contribution in [0.5, 0.6) is 0 Å². The molecule has 1 aromatic heterocycles. The Hall–Kier alpha value is -3.26. The lowest BCUT2D eigenvalue weighted by atomic mass is 9.93. The van der Waals surface area contributed by atoms with Crippen LogP contribution in [0.3, 0.4) is 0 Å². The smallest absolute Gasteiger partial charge is 0.253 e. The molecule has 3 aromatic rings. The highest BCUT2D eigenvalue weighted by molar-refractivity contribution is 6.32. The second-order valence-electron chi connectivity index (χ2n) is 7.59. The molecule has 30 heavy (non-hydrogen) atoms. The number of pyridine rings is 1. The van der Waals surface area contributed by atoms with Crippen LogP contribution in [0.1, 0.15) is 24.2 Å². The molecule has 0 unspecified atom stereocenters. The van der Waals surface area contributed by atoms with Gasteiger partial charge in [-0.05, 0) is 35.7 Å². The van der Waals surface area contributed by atoms with Gasteiger partial charge in [-0.3, -0.25) is 14.4 Å². The van der Waals surface area contributed by atoms with Crippen molar-refractivity contribution in [1.82, 2.24) is 10.3 Å². The molecule has 0 radical (unpaired) electrons. The van der Waals surface area contributed by atoms with E-state index in [0.717, 1.165) is 6.07 Å². The number of benzene rings is 1. The number of nitrogens with one attached hydrogen (secondary N) is 3. The first-order chi connectivity index (χ1) is 14.2. The van der Waals surface area contributed by atoms with Crippen molar-refractivity contribution < 1.29 is 9.18 Å². The lowest BCUT2D eigenvalue weighted by molar-refractivity contribution is 0.0938. The van der Waals surface area contributed by atoms with E-state index in [-0.39, 0.29) is 28.6 Å². The van der Waals surface area contributed by atoms with Gasteiger partial charge in [0.05, 0.1) is 5.69 Å². The molecule has 1 heterocycles. The highest BCUT2D eigenvalue weighted by Crippen LogP contribution is 2.26. The summed E-state index contributed by atoms with van der Waals surface area (Å²) >= 11 is 5.99. The molecular formula is C21H20ClFN4O3. The number of halogens is 2. The zero-order valence-electron chi connectivity index (χ0n) is 16.4. The third-order valence-electron chi connectivity index (χ3n) is 4.49. The Morgan fingerprint density at radius 3 is 2.53 bits per heavy atom. The molecule has 0 saturated carbocycles. The molecule has 9 heteroatoms. The van der Waals surface area contributed by atoms with E-state index >= 15 is 0 Å². The second-order valence-corrected chi connectivity index (χ2v) is 7.94. The minimum Gasteiger partial charge on any atom is -0.379 e. The molecule has 0 spiro atoms. The van der Waals surface area contributed by atoms with E-state index in [2.05, 4.69) is 20.9 Å². The summed E-state index contributed by atoms with van der Waals surface area (Å²) in [5.41, 5.74) is -0.825. The van der Waals surface area contributed by atoms with Gasteiger partial charge in [-0.15, -0.1) is 0 Å². The average Bonchev–Trinajstić information content (AvgIpc) is 2.72. The Labute approximate surface area is 177 Å². The molecule has 0 bridgehead atoms. The van der Waals surface area contributed by atoms with Crippen LogP contribution >= 0.6 is 11.6 Å². The predicted octanol–water partition coefficient (Wildman–Crippen LogP) is 3.08. The summed E-state index contributed by atoms with van der Waals surface area (Å²) in [5.74, 6) is -0.886. The highest BCUT2D eigenvalue weighted by Gasteiger charge is 2.25. The third kappa shape index (κ3) is 4.83. The molecule has 156 valence electrons. The predicted molar refractivity (Wildman–Crippen MR) is 115 cm³/mol. The fraction of sp³-hybridized carbons (Fsp3) is 0.238. The number of hydrogen-bond donors (Lipinski definition) is 3. The Bertz CT molecular complexity index is 1160. The first kappa shape index (κ1) is 21.4. The van der Waals surface area contributed by atoms with Crippen LogP contribution < -0.4 is 26.8 Å². The number of amides is 1. The lowest BCUT2D eigenvalue weighted by Gasteiger charge is -2.27. The van der Waals surface area contributed by atoms with Gasteiger partial charge in [0.1, 0.15) is 17.2 Å². The van der Waals surface area contributed by atoms with Crippen LogP contribution in [0.15, 0.2) is 52.2 Å². The van der Waals surface area contributed by atoms with Gasteiger partial charge in [-0.25, -0.2) is 9.37 Å². The monoisotopic (exact) mass is 430 g/mol. The van der Waals surface area contributed by atoms with Crippen molar-refractivity contribution >= 4 is 34.6 Å². The first-order valence-corrected chi connectivity index (χ1v) is 9.54. The molecule has 3 rings (SSSR count). The van der Waals surface area contributed by atoms with E-state index in [0.29, 0.717) is 12.2 Å². The standard InChI is InChI=1S/C21H20ClFN4O3/c1-21(2,11-26-20(30)12-5-3-6-13(23)9-12)10-25-15-16(18(29)17(15)28)27-14-7-4-8-24-19(14)22/h3-9,25,27H,10-11H2,1-2H3,(H,26,30). The van der Waals surface area contributed by atoms with Crippen molar-refractivity contribution in [2.24, 2.45) is 5.41 Å². The van der Waals surface area contributed by atoms with Gasteiger partial charge in [-0.2, -0.15) is 0 Å². The fourth-order valence-electron chi connectivity index (χ4n) is 2.74. The van der Waals surface area contributed by atoms with Crippen LogP contribution in [0.2, 0.25) is 5.15 Å². The number of nitrogens with zero attached hydrogens (tertiary/aromatic N) is 1. The van der Waals surface area contributed by atoms with Gasteiger partial charge in [0.25, 0.3) is 16.8 Å². The summed E-state index contributed by atoms with van der Waals surface area (Å²) in [4.78, 5) is 40.0. The summed E-state index contributed by atoms with van der Waals surface area (Å²) in [6.07, 6.45) is 1.51. The van der Waals surface area contributed by atoms with Crippen LogP contribution in [0.25, 0.3) is 0 Å². The van der Waals surface area contributed by atoms with Gasteiger partial charge in [0, 0.05) is 24.8 Å². The van der Waals surface area contributed by atoms with Gasteiger partial charge in [0.15, 0.2) is 5.15 Å².